The molecule has 1 aliphatic rings. The fourth-order valence-corrected chi connectivity index (χ4v) is 4.65. The summed E-state index contributed by atoms with van der Waals surface area (Å²) in [7, 11) is 0. The molecule has 31 heavy (non-hydrogen) atoms. The van der Waals surface area contributed by atoms with Crippen molar-refractivity contribution in [3.8, 4) is 0 Å². The average molecular weight is 450 g/mol. The number of benzene rings is 1. The van der Waals surface area contributed by atoms with Gasteiger partial charge in [0.05, 0.1) is 4.88 Å². The molecule has 0 saturated carbocycles. The van der Waals surface area contributed by atoms with Crippen LogP contribution in [0.3, 0.4) is 0 Å². The molecule has 0 aliphatic heterocycles. The maximum Gasteiger partial charge on any atom is 0.279 e. The number of amides is 3. The van der Waals surface area contributed by atoms with Crippen molar-refractivity contribution < 1.29 is 23.2 Å². The van der Waals surface area contributed by atoms with E-state index in [9.17, 15) is 23.2 Å². The molecule has 0 bridgehead atoms. The second-order valence-electron chi connectivity index (χ2n) is 7.85. The standard InChI is InChI=1S/C22H25F2N3O3S/c1-12(2)19(25-21(29)18-14(23)8-6-9-15(18)24)22(30)27-26-20(28)17-11-13-7-4-3-5-10-16(13)31-17/h6,8-9,11-12,19H,3-5,7,10H2,1-2H3,(H,25,29)(H,26,28)(H,27,30)/t19-/m0/s1. The molecule has 3 N–H and O–H groups in total. The van der Waals surface area contributed by atoms with Gasteiger partial charge in [0.15, 0.2) is 0 Å². The van der Waals surface area contributed by atoms with E-state index in [0.717, 1.165) is 43.9 Å². The SMILES string of the molecule is CC(C)[C@H](NC(=O)c1c(F)cccc1F)C(=O)NNC(=O)c1cc2c(s1)CCCCC2. The number of nitrogens with one attached hydrogen (secondary N) is 3. The fourth-order valence-electron chi connectivity index (χ4n) is 3.50. The van der Waals surface area contributed by atoms with Gasteiger partial charge in [-0.25, -0.2) is 8.78 Å². The summed E-state index contributed by atoms with van der Waals surface area (Å²) in [5.41, 5.74) is 5.09. The Labute approximate surface area is 183 Å². The lowest BCUT2D eigenvalue weighted by Crippen LogP contribution is -2.54. The molecule has 0 spiro atoms. The Balaban J connectivity index is 1.63. The van der Waals surface area contributed by atoms with Crippen LogP contribution < -0.4 is 16.2 Å². The maximum atomic E-state index is 13.9. The summed E-state index contributed by atoms with van der Waals surface area (Å²) in [6.45, 7) is 3.33. The molecule has 0 radical (unpaired) electrons. The van der Waals surface area contributed by atoms with Crippen LogP contribution in [-0.2, 0) is 17.6 Å². The van der Waals surface area contributed by atoms with E-state index in [-0.39, 0.29) is 0 Å². The van der Waals surface area contributed by atoms with Gasteiger partial charge in [0, 0.05) is 4.88 Å². The average Bonchev–Trinajstić information content (AvgIpc) is 3.00. The molecule has 6 nitrogen and oxygen atoms in total. The first kappa shape index (κ1) is 22.9. The summed E-state index contributed by atoms with van der Waals surface area (Å²) in [5.74, 6) is -4.62. The van der Waals surface area contributed by atoms with Crippen molar-refractivity contribution in [3.63, 3.8) is 0 Å². The van der Waals surface area contributed by atoms with Crippen LogP contribution in [0.15, 0.2) is 24.3 Å². The fraction of sp³-hybridized carbons (Fsp3) is 0.409. The van der Waals surface area contributed by atoms with Crippen LogP contribution in [0, 0.1) is 17.6 Å². The van der Waals surface area contributed by atoms with E-state index in [1.54, 1.807) is 13.8 Å². The summed E-state index contributed by atoms with van der Waals surface area (Å²) in [5, 5.41) is 2.34. The van der Waals surface area contributed by atoms with Gasteiger partial charge in [-0.2, -0.15) is 0 Å². The molecular formula is C22H25F2N3O3S. The smallest absolute Gasteiger partial charge is 0.279 e. The Morgan fingerprint density at radius 2 is 1.65 bits per heavy atom. The Bertz CT molecular complexity index is 947. The van der Waals surface area contributed by atoms with Crippen LogP contribution in [0.25, 0.3) is 0 Å². The second-order valence-corrected chi connectivity index (χ2v) is 8.99. The van der Waals surface area contributed by atoms with Gasteiger partial charge in [-0.1, -0.05) is 26.3 Å². The summed E-state index contributed by atoms with van der Waals surface area (Å²) in [4.78, 5) is 39.1. The lowest BCUT2D eigenvalue weighted by atomic mass is 10.0. The third kappa shape index (κ3) is 5.46. The van der Waals surface area contributed by atoms with Gasteiger partial charge in [0.25, 0.3) is 17.7 Å². The highest BCUT2D eigenvalue weighted by Crippen LogP contribution is 2.28. The predicted octanol–water partition coefficient (Wildman–Crippen LogP) is 3.51. The zero-order chi connectivity index (χ0) is 22.5. The number of thiophene rings is 1. The summed E-state index contributed by atoms with van der Waals surface area (Å²) in [6, 6.07) is 3.83. The van der Waals surface area contributed by atoms with Crippen molar-refractivity contribution in [3.05, 3.63) is 56.8 Å². The number of hydrogen-bond donors (Lipinski definition) is 3. The molecule has 1 atom stereocenters. The molecule has 1 heterocycles. The molecule has 2 aromatic rings. The van der Waals surface area contributed by atoms with Crippen molar-refractivity contribution in [2.45, 2.75) is 52.0 Å². The Morgan fingerprint density at radius 3 is 2.32 bits per heavy atom. The molecule has 1 aromatic carbocycles. The highest BCUT2D eigenvalue weighted by Gasteiger charge is 2.28. The first-order valence-electron chi connectivity index (χ1n) is 10.2. The van der Waals surface area contributed by atoms with Gasteiger partial charge in [-0.05, 0) is 55.4 Å². The zero-order valence-corrected chi connectivity index (χ0v) is 18.2. The van der Waals surface area contributed by atoms with E-state index in [4.69, 9.17) is 0 Å². The van der Waals surface area contributed by atoms with E-state index < -0.39 is 46.9 Å². The van der Waals surface area contributed by atoms with Crippen LogP contribution in [0.4, 0.5) is 8.78 Å². The highest BCUT2D eigenvalue weighted by atomic mass is 32.1. The first-order chi connectivity index (χ1) is 14.8. The Hall–Kier alpha value is -2.81. The van der Waals surface area contributed by atoms with Gasteiger partial charge in [-0.15, -0.1) is 11.3 Å². The number of hydrazine groups is 1. The summed E-state index contributed by atoms with van der Waals surface area (Å²) < 4.78 is 27.7. The third-order valence-corrected chi connectivity index (χ3v) is 6.43. The second kappa shape index (κ2) is 10.00. The number of carbonyl (C=O) groups excluding carboxylic acids is 3. The monoisotopic (exact) mass is 449 g/mol. The van der Waals surface area contributed by atoms with Crippen LogP contribution in [-0.4, -0.2) is 23.8 Å². The molecule has 3 rings (SSSR count). The molecule has 166 valence electrons. The summed E-state index contributed by atoms with van der Waals surface area (Å²) >= 11 is 1.42. The van der Waals surface area contributed by atoms with Crippen molar-refractivity contribution >= 4 is 29.1 Å². The molecule has 9 heteroatoms. The lowest BCUT2D eigenvalue weighted by Gasteiger charge is -2.22. The molecule has 1 aromatic heterocycles. The molecule has 0 unspecified atom stereocenters. The van der Waals surface area contributed by atoms with Crippen molar-refractivity contribution in [2.75, 3.05) is 0 Å². The van der Waals surface area contributed by atoms with E-state index in [2.05, 4.69) is 16.2 Å². The quantitative estimate of drug-likeness (QED) is 0.482. The van der Waals surface area contributed by atoms with Crippen molar-refractivity contribution in [2.24, 2.45) is 5.92 Å². The van der Waals surface area contributed by atoms with E-state index in [1.165, 1.54) is 28.2 Å². The zero-order valence-electron chi connectivity index (χ0n) is 17.4. The van der Waals surface area contributed by atoms with Gasteiger partial charge in [0.2, 0.25) is 0 Å². The lowest BCUT2D eigenvalue weighted by molar-refractivity contribution is -0.124. The first-order valence-corrected chi connectivity index (χ1v) is 11.1. The topological polar surface area (TPSA) is 87.3 Å². The minimum Gasteiger partial charge on any atom is -0.340 e. The van der Waals surface area contributed by atoms with Crippen LogP contribution >= 0.6 is 11.3 Å². The molecule has 0 saturated heterocycles. The van der Waals surface area contributed by atoms with Crippen LogP contribution in [0.2, 0.25) is 0 Å². The van der Waals surface area contributed by atoms with Crippen LogP contribution in [0.5, 0.6) is 0 Å². The number of aryl methyl sites for hydroxylation is 2. The number of hydrogen-bond acceptors (Lipinski definition) is 4. The largest absolute Gasteiger partial charge is 0.340 e. The highest BCUT2D eigenvalue weighted by molar-refractivity contribution is 7.14. The molecule has 1 aliphatic carbocycles. The minimum atomic E-state index is -1.10. The number of carbonyl (C=O) groups is 3. The Kier molecular flexibility index (Phi) is 7.37. The third-order valence-electron chi connectivity index (χ3n) is 5.20. The molecule has 0 fully saturated rings. The van der Waals surface area contributed by atoms with Gasteiger partial charge in [0.1, 0.15) is 23.2 Å². The van der Waals surface area contributed by atoms with Crippen molar-refractivity contribution in [1.29, 1.82) is 0 Å². The minimum absolute atomic E-state index is 0.395. The Morgan fingerprint density at radius 1 is 0.968 bits per heavy atom. The van der Waals surface area contributed by atoms with Crippen molar-refractivity contribution in [1.82, 2.24) is 16.2 Å². The van der Waals surface area contributed by atoms with Gasteiger partial charge < -0.3 is 5.32 Å². The van der Waals surface area contributed by atoms with Gasteiger partial charge in [-0.3, -0.25) is 25.2 Å². The number of halogens is 2. The molecule has 3 amide bonds. The van der Waals surface area contributed by atoms with E-state index in [0.29, 0.717) is 4.88 Å². The number of rotatable bonds is 5. The maximum absolute atomic E-state index is 13.9. The number of fused-ring (bicyclic) bond motifs is 1. The molecular weight excluding hydrogens is 424 g/mol. The normalized spacial score (nSPS) is 14.4. The van der Waals surface area contributed by atoms with Gasteiger partial charge >= 0.3 is 0 Å². The predicted molar refractivity (Wildman–Crippen MR) is 114 cm³/mol. The van der Waals surface area contributed by atoms with Crippen LogP contribution in [0.1, 0.15) is 63.6 Å². The van der Waals surface area contributed by atoms with E-state index in [1.807, 2.05) is 6.07 Å². The van der Waals surface area contributed by atoms with E-state index >= 15 is 0 Å². The summed E-state index contributed by atoms with van der Waals surface area (Å²) in [6.07, 6.45) is 5.27.